The van der Waals surface area contributed by atoms with Gasteiger partial charge in [-0.1, -0.05) is 30.9 Å². The van der Waals surface area contributed by atoms with Crippen LogP contribution in [-0.2, 0) is 4.79 Å². The maximum absolute atomic E-state index is 12.0. The number of benzene rings is 1. The van der Waals surface area contributed by atoms with Gasteiger partial charge in [-0.15, -0.1) is 0 Å². The molecule has 0 bridgehead atoms. The molecule has 0 spiro atoms. The number of aliphatic carboxylic acids is 1. The lowest BCUT2D eigenvalue weighted by atomic mass is 9.74. The quantitative estimate of drug-likeness (QED) is 0.897. The van der Waals surface area contributed by atoms with E-state index >= 15 is 0 Å². The van der Waals surface area contributed by atoms with Gasteiger partial charge in [0.05, 0.1) is 5.41 Å². The van der Waals surface area contributed by atoms with E-state index in [0.29, 0.717) is 23.4 Å². The highest BCUT2D eigenvalue weighted by Crippen LogP contribution is 2.36. The lowest BCUT2D eigenvalue weighted by Gasteiger charge is -2.33. The molecule has 0 radical (unpaired) electrons. The molecule has 108 valence electrons. The molecular weight excluding hydrogens is 278 g/mol. The van der Waals surface area contributed by atoms with Crippen LogP contribution in [0.4, 0.5) is 0 Å². The summed E-state index contributed by atoms with van der Waals surface area (Å²) in [7, 11) is 0. The van der Waals surface area contributed by atoms with Crippen LogP contribution >= 0.6 is 11.6 Å². The second kappa shape index (κ2) is 6.27. The third kappa shape index (κ3) is 3.31. The van der Waals surface area contributed by atoms with Crippen molar-refractivity contribution in [2.45, 2.75) is 32.1 Å². The number of carbonyl (C=O) groups excluding carboxylic acids is 1. The predicted octanol–water partition coefficient (Wildman–Crippen LogP) is 3.10. The van der Waals surface area contributed by atoms with Gasteiger partial charge in [-0.2, -0.15) is 0 Å². The summed E-state index contributed by atoms with van der Waals surface area (Å²) in [5.74, 6) is -1.07. The lowest BCUT2D eigenvalue weighted by Crippen LogP contribution is -2.44. The van der Waals surface area contributed by atoms with Gasteiger partial charge in [-0.3, -0.25) is 9.59 Å². The number of rotatable bonds is 4. The molecular formula is C15H18ClNO3. The first kappa shape index (κ1) is 14.9. The molecule has 5 heteroatoms. The minimum Gasteiger partial charge on any atom is -0.481 e. The molecule has 1 aromatic carbocycles. The molecule has 0 aromatic heterocycles. The molecule has 1 fully saturated rings. The van der Waals surface area contributed by atoms with Crippen LogP contribution in [0.15, 0.2) is 24.3 Å². The highest BCUT2D eigenvalue weighted by Gasteiger charge is 2.39. The van der Waals surface area contributed by atoms with E-state index in [4.69, 9.17) is 11.6 Å². The predicted molar refractivity (Wildman–Crippen MR) is 76.9 cm³/mol. The van der Waals surface area contributed by atoms with Gasteiger partial charge in [0.25, 0.3) is 5.91 Å². The number of carboxylic acids is 1. The molecule has 0 unspecified atom stereocenters. The van der Waals surface area contributed by atoms with Crippen molar-refractivity contribution in [3.05, 3.63) is 34.9 Å². The average molecular weight is 296 g/mol. The molecule has 1 saturated carbocycles. The Balaban J connectivity index is 2.00. The van der Waals surface area contributed by atoms with E-state index in [-0.39, 0.29) is 12.5 Å². The van der Waals surface area contributed by atoms with Crippen LogP contribution in [0.3, 0.4) is 0 Å². The van der Waals surface area contributed by atoms with Crippen molar-refractivity contribution in [1.82, 2.24) is 5.32 Å². The molecule has 0 heterocycles. The fourth-order valence-corrected chi connectivity index (χ4v) is 2.77. The van der Waals surface area contributed by atoms with Crippen LogP contribution in [0.2, 0.25) is 5.02 Å². The van der Waals surface area contributed by atoms with E-state index in [0.717, 1.165) is 19.3 Å². The SMILES string of the molecule is O=C(NCC1(C(=O)O)CCCCC1)c1ccc(Cl)cc1. The smallest absolute Gasteiger partial charge is 0.311 e. The Bertz CT molecular complexity index is 492. The van der Waals surface area contributed by atoms with Crippen LogP contribution in [0.5, 0.6) is 0 Å². The Morgan fingerprint density at radius 3 is 2.30 bits per heavy atom. The van der Waals surface area contributed by atoms with E-state index in [1.165, 1.54) is 0 Å². The fourth-order valence-electron chi connectivity index (χ4n) is 2.65. The number of amides is 1. The van der Waals surface area contributed by atoms with E-state index in [9.17, 15) is 14.7 Å². The summed E-state index contributed by atoms with van der Waals surface area (Å²) in [5.41, 5.74) is -0.314. The van der Waals surface area contributed by atoms with Crippen LogP contribution in [-0.4, -0.2) is 23.5 Å². The molecule has 1 aliphatic rings. The first-order valence-corrected chi connectivity index (χ1v) is 7.18. The molecule has 2 N–H and O–H groups in total. The van der Waals surface area contributed by atoms with Crippen molar-refractivity contribution >= 4 is 23.5 Å². The van der Waals surface area contributed by atoms with Crippen molar-refractivity contribution in [2.75, 3.05) is 6.54 Å². The highest BCUT2D eigenvalue weighted by atomic mass is 35.5. The molecule has 0 aliphatic heterocycles. The van der Waals surface area contributed by atoms with Gasteiger partial charge >= 0.3 is 5.97 Å². The standard InChI is InChI=1S/C15H18ClNO3/c16-12-6-4-11(5-7-12)13(18)17-10-15(14(19)20)8-2-1-3-9-15/h4-7H,1-3,8-10H2,(H,17,18)(H,19,20). The summed E-state index contributed by atoms with van der Waals surface area (Å²) in [5, 5.41) is 12.8. The van der Waals surface area contributed by atoms with Crippen LogP contribution in [0, 0.1) is 5.41 Å². The monoisotopic (exact) mass is 295 g/mol. The Hall–Kier alpha value is -1.55. The highest BCUT2D eigenvalue weighted by molar-refractivity contribution is 6.30. The van der Waals surface area contributed by atoms with Gasteiger partial charge in [0.1, 0.15) is 0 Å². The van der Waals surface area contributed by atoms with E-state index in [1.54, 1.807) is 24.3 Å². The molecule has 1 aromatic rings. The maximum atomic E-state index is 12.0. The molecule has 1 amide bonds. The summed E-state index contributed by atoms with van der Waals surface area (Å²) in [6.45, 7) is 0.184. The Morgan fingerprint density at radius 1 is 1.15 bits per heavy atom. The van der Waals surface area contributed by atoms with Crippen molar-refractivity contribution in [3.63, 3.8) is 0 Å². The third-order valence-corrected chi connectivity index (χ3v) is 4.21. The van der Waals surface area contributed by atoms with Crippen molar-refractivity contribution in [2.24, 2.45) is 5.41 Å². The molecule has 0 atom stereocenters. The normalized spacial score (nSPS) is 17.4. The first-order valence-electron chi connectivity index (χ1n) is 6.81. The second-order valence-corrected chi connectivity index (χ2v) is 5.77. The third-order valence-electron chi connectivity index (χ3n) is 3.96. The largest absolute Gasteiger partial charge is 0.481 e. The van der Waals surface area contributed by atoms with Crippen LogP contribution in [0.25, 0.3) is 0 Å². The lowest BCUT2D eigenvalue weighted by molar-refractivity contribution is -0.150. The van der Waals surface area contributed by atoms with Gasteiger partial charge in [0.15, 0.2) is 0 Å². The van der Waals surface area contributed by atoms with Gasteiger partial charge in [0, 0.05) is 17.1 Å². The fraction of sp³-hybridized carbons (Fsp3) is 0.467. The molecule has 20 heavy (non-hydrogen) atoms. The Morgan fingerprint density at radius 2 is 1.75 bits per heavy atom. The zero-order chi connectivity index (χ0) is 14.6. The molecule has 1 aliphatic carbocycles. The van der Waals surface area contributed by atoms with E-state index in [2.05, 4.69) is 5.32 Å². The summed E-state index contributed by atoms with van der Waals surface area (Å²) >= 11 is 5.77. The molecule has 0 saturated heterocycles. The summed E-state index contributed by atoms with van der Waals surface area (Å²) in [6, 6.07) is 6.55. The number of halogens is 1. The Kier molecular flexibility index (Phi) is 4.65. The zero-order valence-electron chi connectivity index (χ0n) is 11.2. The number of carboxylic acid groups (broad SMARTS) is 1. The second-order valence-electron chi connectivity index (χ2n) is 5.34. The molecule has 2 rings (SSSR count). The van der Waals surface area contributed by atoms with Gasteiger partial charge in [-0.25, -0.2) is 0 Å². The minimum atomic E-state index is -0.811. The van der Waals surface area contributed by atoms with Gasteiger partial charge in [-0.05, 0) is 37.1 Å². The van der Waals surface area contributed by atoms with Gasteiger partial charge < -0.3 is 10.4 Å². The van der Waals surface area contributed by atoms with Crippen molar-refractivity contribution < 1.29 is 14.7 Å². The van der Waals surface area contributed by atoms with E-state index in [1.807, 2.05) is 0 Å². The number of hydrogen-bond donors (Lipinski definition) is 2. The van der Waals surface area contributed by atoms with Crippen molar-refractivity contribution in [1.29, 1.82) is 0 Å². The van der Waals surface area contributed by atoms with Crippen LogP contribution in [0.1, 0.15) is 42.5 Å². The summed E-state index contributed by atoms with van der Waals surface area (Å²) in [4.78, 5) is 23.5. The zero-order valence-corrected chi connectivity index (χ0v) is 11.9. The topological polar surface area (TPSA) is 66.4 Å². The average Bonchev–Trinajstić information content (AvgIpc) is 2.46. The number of carbonyl (C=O) groups is 2. The Labute approximate surface area is 123 Å². The number of hydrogen-bond acceptors (Lipinski definition) is 2. The van der Waals surface area contributed by atoms with Gasteiger partial charge in [0.2, 0.25) is 0 Å². The minimum absolute atomic E-state index is 0.184. The van der Waals surface area contributed by atoms with Crippen LogP contribution < -0.4 is 5.32 Å². The maximum Gasteiger partial charge on any atom is 0.311 e. The number of nitrogens with one attached hydrogen (secondary N) is 1. The van der Waals surface area contributed by atoms with Crippen molar-refractivity contribution in [3.8, 4) is 0 Å². The molecule has 4 nitrogen and oxygen atoms in total. The summed E-state index contributed by atoms with van der Waals surface area (Å²) in [6.07, 6.45) is 4.14. The summed E-state index contributed by atoms with van der Waals surface area (Å²) < 4.78 is 0. The van der Waals surface area contributed by atoms with E-state index < -0.39 is 11.4 Å². The first-order chi connectivity index (χ1) is 9.53.